The lowest BCUT2D eigenvalue weighted by atomic mass is 10.3. The first-order valence-electron chi connectivity index (χ1n) is 3.71. The predicted octanol–water partition coefficient (Wildman–Crippen LogP) is 2.98. The fourth-order valence-electron chi connectivity index (χ4n) is 0.885. The minimum Gasteiger partial charge on any atom is -0.340 e. The van der Waals surface area contributed by atoms with Gasteiger partial charge in [-0.25, -0.2) is 9.10 Å². The van der Waals surface area contributed by atoms with Crippen molar-refractivity contribution in [3.8, 4) is 0 Å². The fourth-order valence-corrected chi connectivity index (χ4v) is 1.61. The van der Waals surface area contributed by atoms with Crippen LogP contribution >= 0.6 is 36.0 Å². The van der Waals surface area contributed by atoms with Crippen LogP contribution in [-0.4, -0.2) is 13.1 Å². The molecule has 2 amide bonds. The Morgan fingerprint density at radius 3 is 2.29 bits per heavy atom. The summed E-state index contributed by atoms with van der Waals surface area (Å²) >= 11 is 15.5. The van der Waals surface area contributed by atoms with Crippen molar-refractivity contribution < 1.29 is 4.79 Å². The van der Waals surface area contributed by atoms with Crippen molar-refractivity contribution in [2.75, 3.05) is 11.4 Å². The second kappa shape index (κ2) is 4.77. The van der Waals surface area contributed by atoms with Crippen molar-refractivity contribution in [1.29, 1.82) is 0 Å². The number of thiol groups is 1. The largest absolute Gasteiger partial charge is 0.340 e. The van der Waals surface area contributed by atoms with E-state index in [4.69, 9.17) is 23.2 Å². The van der Waals surface area contributed by atoms with E-state index in [-0.39, 0.29) is 6.03 Å². The molecule has 0 heterocycles. The first-order valence-corrected chi connectivity index (χ1v) is 4.87. The first kappa shape index (κ1) is 11.5. The molecule has 6 heteroatoms. The molecule has 0 aliphatic heterocycles. The van der Waals surface area contributed by atoms with Crippen LogP contribution in [0.1, 0.15) is 0 Å². The van der Waals surface area contributed by atoms with Crippen LogP contribution in [0.2, 0.25) is 10.0 Å². The van der Waals surface area contributed by atoms with Crippen molar-refractivity contribution >= 4 is 47.7 Å². The first-order chi connectivity index (χ1) is 6.54. The van der Waals surface area contributed by atoms with Gasteiger partial charge in [0.25, 0.3) is 0 Å². The highest BCUT2D eigenvalue weighted by atomic mass is 35.5. The number of carbonyl (C=O) groups excluding carboxylic acids is 1. The number of amides is 2. The predicted molar refractivity (Wildman–Crippen MR) is 62.4 cm³/mol. The Labute approximate surface area is 97.5 Å². The van der Waals surface area contributed by atoms with Gasteiger partial charge in [-0.1, -0.05) is 36.0 Å². The van der Waals surface area contributed by atoms with Crippen LogP contribution in [0.15, 0.2) is 18.2 Å². The summed E-state index contributed by atoms with van der Waals surface area (Å²) in [6.45, 7) is 0. The number of rotatable bonds is 1. The molecule has 0 spiro atoms. The van der Waals surface area contributed by atoms with Gasteiger partial charge in [0.2, 0.25) is 0 Å². The van der Waals surface area contributed by atoms with Crippen LogP contribution in [0.5, 0.6) is 0 Å². The van der Waals surface area contributed by atoms with Gasteiger partial charge in [-0.05, 0) is 18.2 Å². The summed E-state index contributed by atoms with van der Waals surface area (Å²) in [4.78, 5) is 11.2. The smallest absolute Gasteiger partial charge is 0.331 e. The molecule has 1 rings (SSSR count). The Kier molecular flexibility index (Phi) is 3.92. The van der Waals surface area contributed by atoms with Crippen molar-refractivity contribution in [3.63, 3.8) is 0 Å². The number of benzene rings is 1. The molecule has 1 aromatic rings. The van der Waals surface area contributed by atoms with E-state index in [1.54, 1.807) is 18.2 Å². The minimum atomic E-state index is -0.355. The van der Waals surface area contributed by atoms with Gasteiger partial charge in [-0.2, -0.15) is 0 Å². The monoisotopic (exact) mass is 250 g/mol. The SMILES string of the molecule is CNC(=O)N(S)c1cc(Cl)cc(Cl)c1. The molecule has 0 aliphatic rings. The maximum atomic E-state index is 11.2. The minimum absolute atomic E-state index is 0.355. The van der Waals surface area contributed by atoms with E-state index < -0.39 is 0 Å². The third kappa shape index (κ3) is 2.70. The number of carbonyl (C=O) groups is 1. The molecule has 1 N–H and O–H groups in total. The molecule has 0 fully saturated rings. The molecule has 0 aromatic heterocycles. The number of urea groups is 1. The number of hydrogen-bond acceptors (Lipinski definition) is 2. The van der Waals surface area contributed by atoms with Gasteiger partial charge in [-0.15, -0.1) is 0 Å². The molecule has 0 aliphatic carbocycles. The van der Waals surface area contributed by atoms with Crippen molar-refractivity contribution in [1.82, 2.24) is 5.32 Å². The number of nitrogens with one attached hydrogen (secondary N) is 1. The molecule has 0 atom stereocenters. The molecule has 0 bridgehead atoms. The normalized spacial score (nSPS) is 9.71. The molecular formula is C8H8Cl2N2OS. The molecular weight excluding hydrogens is 243 g/mol. The Morgan fingerprint density at radius 1 is 1.36 bits per heavy atom. The highest BCUT2D eigenvalue weighted by molar-refractivity contribution is 7.82. The van der Waals surface area contributed by atoms with Gasteiger partial charge in [0, 0.05) is 17.1 Å². The van der Waals surface area contributed by atoms with Gasteiger partial charge in [0.05, 0.1) is 5.69 Å². The third-order valence-corrected chi connectivity index (χ3v) is 2.35. The highest BCUT2D eigenvalue weighted by Gasteiger charge is 2.10. The number of anilines is 1. The average molecular weight is 251 g/mol. The number of hydrogen-bond donors (Lipinski definition) is 2. The molecule has 14 heavy (non-hydrogen) atoms. The third-order valence-electron chi connectivity index (χ3n) is 1.50. The summed E-state index contributed by atoms with van der Waals surface area (Å²) in [5.41, 5.74) is 0.519. The van der Waals surface area contributed by atoms with E-state index in [1.807, 2.05) is 0 Å². The second-order valence-corrected chi connectivity index (χ2v) is 3.77. The zero-order valence-electron chi connectivity index (χ0n) is 7.29. The summed E-state index contributed by atoms with van der Waals surface area (Å²) in [7, 11) is 1.51. The van der Waals surface area contributed by atoms with E-state index in [9.17, 15) is 4.79 Å². The van der Waals surface area contributed by atoms with E-state index in [0.717, 1.165) is 4.31 Å². The van der Waals surface area contributed by atoms with Gasteiger partial charge >= 0.3 is 6.03 Å². The highest BCUT2D eigenvalue weighted by Crippen LogP contribution is 2.26. The number of nitrogens with zero attached hydrogens (tertiary/aromatic N) is 1. The molecule has 3 nitrogen and oxygen atoms in total. The second-order valence-electron chi connectivity index (χ2n) is 2.49. The number of halogens is 2. The maximum Gasteiger partial charge on any atom is 0.331 e. The Morgan fingerprint density at radius 2 is 1.86 bits per heavy atom. The summed E-state index contributed by atoms with van der Waals surface area (Å²) in [6.07, 6.45) is 0. The molecule has 0 saturated carbocycles. The lowest BCUT2D eigenvalue weighted by molar-refractivity contribution is 0.252. The fraction of sp³-hybridized carbons (Fsp3) is 0.125. The van der Waals surface area contributed by atoms with Crippen LogP contribution in [0.3, 0.4) is 0 Å². The average Bonchev–Trinajstić information content (AvgIpc) is 2.14. The van der Waals surface area contributed by atoms with Crippen LogP contribution < -0.4 is 9.62 Å². The zero-order valence-corrected chi connectivity index (χ0v) is 9.70. The standard InChI is InChI=1S/C8H8Cl2N2OS/c1-11-8(13)12(14)7-3-5(9)2-6(10)4-7/h2-4,14H,1H3,(H,11,13). The van der Waals surface area contributed by atoms with Gasteiger partial charge in [0.1, 0.15) is 0 Å². The summed E-state index contributed by atoms with van der Waals surface area (Å²) in [6, 6.07) is 4.41. The van der Waals surface area contributed by atoms with Gasteiger partial charge in [0.15, 0.2) is 0 Å². The van der Waals surface area contributed by atoms with E-state index in [0.29, 0.717) is 15.7 Å². The molecule has 0 unspecified atom stereocenters. The zero-order chi connectivity index (χ0) is 10.7. The molecule has 0 radical (unpaired) electrons. The Bertz CT molecular complexity index is 339. The molecule has 1 aromatic carbocycles. The van der Waals surface area contributed by atoms with Crippen LogP contribution in [0, 0.1) is 0 Å². The topological polar surface area (TPSA) is 32.3 Å². The van der Waals surface area contributed by atoms with Crippen LogP contribution in [-0.2, 0) is 0 Å². The van der Waals surface area contributed by atoms with E-state index >= 15 is 0 Å². The quantitative estimate of drug-likeness (QED) is 0.739. The van der Waals surface area contributed by atoms with Crippen LogP contribution in [0.25, 0.3) is 0 Å². The van der Waals surface area contributed by atoms with Gasteiger partial charge < -0.3 is 5.32 Å². The van der Waals surface area contributed by atoms with E-state index in [1.165, 1.54) is 7.05 Å². The molecule has 0 saturated heterocycles. The Balaban J connectivity index is 3.00. The van der Waals surface area contributed by atoms with Crippen molar-refractivity contribution in [2.45, 2.75) is 0 Å². The maximum absolute atomic E-state index is 11.2. The lowest BCUT2D eigenvalue weighted by Gasteiger charge is -2.15. The Hall–Kier alpha value is -0.580. The van der Waals surface area contributed by atoms with Gasteiger partial charge in [-0.3, -0.25) is 0 Å². The van der Waals surface area contributed by atoms with Crippen LogP contribution in [0.4, 0.5) is 10.5 Å². The molecule has 76 valence electrons. The van der Waals surface area contributed by atoms with E-state index in [2.05, 4.69) is 18.1 Å². The van der Waals surface area contributed by atoms with Crippen molar-refractivity contribution in [2.24, 2.45) is 0 Å². The summed E-state index contributed by atoms with van der Waals surface area (Å²) in [5, 5.41) is 3.33. The summed E-state index contributed by atoms with van der Waals surface area (Å²) in [5.74, 6) is 0. The lowest BCUT2D eigenvalue weighted by Crippen LogP contribution is -2.30. The summed E-state index contributed by atoms with van der Waals surface area (Å²) < 4.78 is 1.12. The van der Waals surface area contributed by atoms with Crippen molar-refractivity contribution in [3.05, 3.63) is 28.2 Å².